The van der Waals surface area contributed by atoms with Gasteiger partial charge in [0.1, 0.15) is 17.8 Å². The zero-order valence-electron chi connectivity index (χ0n) is 13.6. The molecule has 1 saturated heterocycles. The number of amides is 1. The Bertz CT molecular complexity index is 852. The van der Waals surface area contributed by atoms with Crippen LogP contribution < -0.4 is 5.32 Å². The van der Waals surface area contributed by atoms with E-state index in [9.17, 15) is 4.79 Å². The van der Waals surface area contributed by atoms with Gasteiger partial charge >= 0.3 is 0 Å². The van der Waals surface area contributed by atoms with Crippen LogP contribution in [0.1, 0.15) is 34.9 Å². The molecule has 4 rings (SSSR count). The third kappa shape index (κ3) is 3.43. The van der Waals surface area contributed by atoms with Crippen LogP contribution in [0.15, 0.2) is 43.0 Å². The summed E-state index contributed by atoms with van der Waals surface area (Å²) in [7, 11) is 0. The highest BCUT2D eigenvalue weighted by Gasteiger charge is 2.19. The zero-order chi connectivity index (χ0) is 17.1. The van der Waals surface area contributed by atoms with Gasteiger partial charge in [-0.25, -0.2) is 9.97 Å². The Morgan fingerprint density at radius 2 is 2.20 bits per heavy atom. The van der Waals surface area contributed by atoms with Gasteiger partial charge in [-0.1, -0.05) is 6.07 Å². The Morgan fingerprint density at radius 1 is 1.32 bits per heavy atom. The molecule has 0 bridgehead atoms. The average Bonchev–Trinajstić information content (AvgIpc) is 3.35. The van der Waals surface area contributed by atoms with E-state index in [2.05, 4.69) is 25.5 Å². The molecule has 128 valence electrons. The fourth-order valence-electron chi connectivity index (χ4n) is 2.89. The smallest absolute Gasteiger partial charge is 0.275 e. The van der Waals surface area contributed by atoms with E-state index in [0.29, 0.717) is 23.2 Å². The first-order valence-corrected chi connectivity index (χ1v) is 8.19. The second-order valence-electron chi connectivity index (χ2n) is 5.90. The van der Waals surface area contributed by atoms with Gasteiger partial charge in [-0.3, -0.25) is 14.5 Å². The van der Waals surface area contributed by atoms with Gasteiger partial charge in [-0.2, -0.15) is 5.10 Å². The van der Waals surface area contributed by atoms with Crippen molar-refractivity contribution in [3.8, 4) is 5.82 Å². The van der Waals surface area contributed by atoms with E-state index in [0.717, 1.165) is 31.7 Å². The SMILES string of the molecule is O=C(Nc1cc(C2CCOCC2)[nH]n1)c1cccc(-n2ccnc2)n1. The molecule has 0 saturated carbocycles. The fraction of sp³-hybridized carbons (Fsp3) is 0.294. The second kappa shape index (κ2) is 6.86. The van der Waals surface area contributed by atoms with E-state index in [1.807, 2.05) is 12.1 Å². The molecule has 2 N–H and O–H groups in total. The maximum Gasteiger partial charge on any atom is 0.275 e. The summed E-state index contributed by atoms with van der Waals surface area (Å²) in [5.74, 6) is 1.23. The lowest BCUT2D eigenvalue weighted by Gasteiger charge is -2.20. The number of pyridine rings is 1. The number of carbonyl (C=O) groups is 1. The normalized spacial score (nSPS) is 15.2. The number of carbonyl (C=O) groups excluding carboxylic acids is 1. The zero-order valence-corrected chi connectivity index (χ0v) is 13.6. The summed E-state index contributed by atoms with van der Waals surface area (Å²) in [6.45, 7) is 1.52. The molecule has 25 heavy (non-hydrogen) atoms. The standard InChI is InChI=1S/C17H18N6O2/c24-17(13-2-1-3-16(19-13)23-7-6-18-11-23)20-15-10-14(21-22-15)12-4-8-25-9-5-12/h1-3,6-7,10-12H,4-5,8-9H2,(H2,20,21,22,24). The predicted molar refractivity (Wildman–Crippen MR) is 90.7 cm³/mol. The first-order valence-electron chi connectivity index (χ1n) is 8.19. The Balaban J connectivity index is 1.47. The van der Waals surface area contributed by atoms with Gasteiger partial charge in [-0.15, -0.1) is 0 Å². The molecule has 1 fully saturated rings. The van der Waals surface area contributed by atoms with E-state index >= 15 is 0 Å². The summed E-state index contributed by atoms with van der Waals surface area (Å²) in [5.41, 5.74) is 1.35. The van der Waals surface area contributed by atoms with Crippen LogP contribution in [-0.2, 0) is 4.74 Å². The van der Waals surface area contributed by atoms with Crippen LogP contribution in [0.3, 0.4) is 0 Å². The Morgan fingerprint density at radius 3 is 3.00 bits per heavy atom. The van der Waals surface area contributed by atoms with Gasteiger partial charge in [0.25, 0.3) is 5.91 Å². The predicted octanol–water partition coefficient (Wildman–Crippen LogP) is 2.14. The molecule has 0 unspecified atom stereocenters. The molecule has 0 aromatic carbocycles. The number of rotatable bonds is 4. The van der Waals surface area contributed by atoms with E-state index in [-0.39, 0.29) is 5.91 Å². The van der Waals surface area contributed by atoms with E-state index in [1.165, 1.54) is 0 Å². The minimum absolute atomic E-state index is 0.299. The second-order valence-corrected chi connectivity index (χ2v) is 5.90. The number of hydrogen-bond acceptors (Lipinski definition) is 5. The number of anilines is 1. The molecule has 1 aliphatic heterocycles. The lowest BCUT2D eigenvalue weighted by atomic mass is 9.97. The number of nitrogens with one attached hydrogen (secondary N) is 2. The maximum absolute atomic E-state index is 12.4. The Kier molecular flexibility index (Phi) is 4.26. The third-order valence-corrected chi connectivity index (χ3v) is 4.24. The molecule has 8 nitrogen and oxygen atoms in total. The fourth-order valence-corrected chi connectivity index (χ4v) is 2.89. The van der Waals surface area contributed by atoms with Crippen molar-refractivity contribution in [1.29, 1.82) is 0 Å². The topological polar surface area (TPSA) is 97.7 Å². The highest BCUT2D eigenvalue weighted by atomic mass is 16.5. The largest absolute Gasteiger partial charge is 0.381 e. The Labute approximate surface area is 144 Å². The van der Waals surface area contributed by atoms with Crippen molar-refractivity contribution in [3.63, 3.8) is 0 Å². The van der Waals surface area contributed by atoms with Crippen molar-refractivity contribution in [3.05, 3.63) is 54.4 Å². The van der Waals surface area contributed by atoms with Crippen molar-refractivity contribution in [1.82, 2.24) is 24.7 Å². The number of hydrogen-bond donors (Lipinski definition) is 2. The summed E-state index contributed by atoms with van der Waals surface area (Å²) in [6.07, 6.45) is 7.00. The minimum atomic E-state index is -0.299. The summed E-state index contributed by atoms with van der Waals surface area (Å²) in [5, 5.41) is 9.99. The van der Waals surface area contributed by atoms with Crippen LogP contribution in [-0.4, -0.2) is 43.9 Å². The monoisotopic (exact) mass is 338 g/mol. The number of imidazole rings is 1. The summed E-state index contributed by atoms with van der Waals surface area (Å²) in [6, 6.07) is 7.15. The third-order valence-electron chi connectivity index (χ3n) is 4.24. The molecule has 0 spiro atoms. The van der Waals surface area contributed by atoms with Gasteiger partial charge < -0.3 is 10.1 Å². The van der Waals surface area contributed by atoms with Crippen molar-refractivity contribution in [2.75, 3.05) is 18.5 Å². The molecule has 4 heterocycles. The lowest BCUT2D eigenvalue weighted by molar-refractivity contribution is 0.0845. The van der Waals surface area contributed by atoms with Crippen molar-refractivity contribution >= 4 is 11.7 Å². The number of aromatic nitrogens is 5. The van der Waals surface area contributed by atoms with E-state index in [1.54, 1.807) is 35.4 Å². The van der Waals surface area contributed by atoms with Crippen LogP contribution in [0, 0.1) is 0 Å². The molecule has 3 aromatic rings. The maximum atomic E-state index is 12.4. The number of H-pyrrole nitrogens is 1. The van der Waals surface area contributed by atoms with Crippen molar-refractivity contribution in [2.45, 2.75) is 18.8 Å². The molecule has 0 aliphatic carbocycles. The molecular weight excluding hydrogens is 320 g/mol. The van der Waals surface area contributed by atoms with Crippen LogP contribution in [0.25, 0.3) is 5.82 Å². The number of aromatic amines is 1. The highest BCUT2D eigenvalue weighted by molar-refractivity contribution is 6.02. The summed E-state index contributed by atoms with van der Waals surface area (Å²) in [4.78, 5) is 20.8. The van der Waals surface area contributed by atoms with Gasteiger partial charge in [-0.05, 0) is 25.0 Å². The first kappa shape index (κ1) is 15.5. The number of ether oxygens (including phenoxy) is 1. The van der Waals surface area contributed by atoms with Gasteiger partial charge in [0.15, 0.2) is 5.82 Å². The minimum Gasteiger partial charge on any atom is -0.381 e. The van der Waals surface area contributed by atoms with Crippen LogP contribution in [0.4, 0.5) is 5.82 Å². The van der Waals surface area contributed by atoms with Crippen molar-refractivity contribution in [2.24, 2.45) is 0 Å². The van der Waals surface area contributed by atoms with Crippen LogP contribution in [0.2, 0.25) is 0 Å². The first-order chi connectivity index (χ1) is 12.3. The molecule has 1 amide bonds. The summed E-state index contributed by atoms with van der Waals surface area (Å²) >= 11 is 0. The number of nitrogens with zero attached hydrogens (tertiary/aromatic N) is 4. The van der Waals surface area contributed by atoms with Crippen LogP contribution in [0.5, 0.6) is 0 Å². The molecule has 0 atom stereocenters. The van der Waals surface area contributed by atoms with Crippen molar-refractivity contribution < 1.29 is 9.53 Å². The van der Waals surface area contributed by atoms with Gasteiger partial charge in [0.05, 0.1) is 0 Å². The van der Waals surface area contributed by atoms with E-state index < -0.39 is 0 Å². The van der Waals surface area contributed by atoms with Gasteiger partial charge in [0, 0.05) is 43.3 Å². The molecule has 3 aromatic heterocycles. The molecule has 0 radical (unpaired) electrons. The quantitative estimate of drug-likeness (QED) is 0.759. The Hall–Kier alpha value is -3.00. The average molecular weight is 338 g/mol. The van der Waals surface area contributed by atoms with Gasteiger partial charge in [0.2, 0.25) is 0 Å². The highest BCUT2D eigenvalue weighted by Crippen LogP contribution is 2.26. The molecule has 1 aliphatic rings. The summed E-state index contributed by atoms with van der Waals surface area (Å²) < 4.78 is 7.12. The van der Waals surface area contributed by atoms with E-state index in [4.69, 9.17) is 4.74 Å². The molecule has 8 heteroatoms. The van der Waals surface area contributed by atoms with Crippen LogP contribution >= 0.6 is 0 Å². The lowest BCUT2D eigenvalue weighted by Crippen LogP contribution is -2.15. The molecular formula is C17H18N6O2.